The Hall–Kier alpha value is -1.75. The molecule has 2 heteroatoms. The van der Waals surface area contributed by atoms with Crippen LogP contribution < -0.4 is 0 Å². The minimum atomic E-state index is 0.220. The monoisotopic (exact) mass is 145 g/mol. The zero-order valence-electron chi connectivity index (χ0n) is 5.86. The molecule has 0 radical (unpaired) electrons. The Labute approximate surface area is 65.2 Å². The highest BCUT2D eigenvalue weighted by molar-refractivity contribution is 5.52. The molecule has 0 aliphatic rings. The van der Waals surface area contributed by atoms with E-state index in [9.17, 15) is 0 Å². The number of phenolic OH excluding ortho intramolecular Hbond substituents is 1. The van der Waals surface area contributed by atoms with Crippen molar-refractivity contribution in [2.75, 3.05) is 0 Å². The van der Waals surface area contributed by atoms with E-state index in [0.717, 1.165) is 5.56 Å². The molecule has 11 heavy (non-hydrogen) atoms. The second-order valence-corrected chi connectivity index (χ2v) is 2.04. The third-order valence-corrected chi connectivity index (χ3v) is 1.21. The van der Waals surface area contributed by atoms with Gasteiger partial charge in [0.05, 0.1) is 6.57 Å². The van der Waals surface area contributed by atoms with Crippen molar-refractivity contribution < 1.29 is 5.11 Å². The van der Waals surface area contributed by atoms with Gasteiger partial charge in [0.1, 0.15) is 5.75 Å². The van der Waals surface area contributed by atoms with Crippen molar-refractivity contribution in [3.63, 3.8) is 0 Å². The van der Waals surface area contributed by atoms with E-state index in [4.69, 9.17) is 11.7 Å². The molecule has 2 nitrogen and oxygen atoms in total. The molecule has 1 N–H and O–H groups in total. The number of benzene rings is 1. The van der Waals surface area contributed by atoms with Crippen LogP contribution in [-0.2, 0) is 0 Å². The number of aromatic hydroxyl groups is 1. The zero-order chi connectivity index (χ0) is 8.10. The van der Waals surface area contributed by atoms with Gasteiger partial charge in [-0.3, -0.25) is 0 Å². The molecule has 0 spiro atoms. The highest BCUT2D eigenvalue weighted by atomic mass is 16.3. The lowest BCUT2D eigenvalue weighted by atomic mass is 10.2. The van der Waals surface area contributed by atoms with E-state index in [1.807, 2.05) is 6.07 Å². The van der Waals surface area contributed by atoms with Gasteiger partial charge < -0.3 is 5.11 Å². The van der Waals surface area contributed by atoms with Gasteiger partial charge in [-0.2, -0.15) is 0 Å². The normalized spacial score (nSPS) is 9.73. The van der Waals surface area contributed by atoms with Crippen molar-refractivity contribution in [2.45, 2.75) is 0 Å². The summed E-state index contributed by atoms with van der Waals surface area (Å²) in [6, 6.07) is 6.75. The Morgan fingerprint density at radius 1 is 1.45 bits per heavy atom. The second-order valence-electron chi connectivity index (χ2n) is 2.04. The molecule has 0 heterocycles. The number of nitrogens with zero attached hydrogens (tertiary/aromatic N) is 1. The van der Waals surface area contributed by atoms with Gasteiger partial charge in [0.2, 0.25) is 0 Å². The van der Waals surface area contributed by atoms with Crippen LogP contribution in [0.5, 0.6) is 5.75 Å². The Bertz CT molecular complexity index is 310. The molecule has 1 rings (SSSR count). The van der Waals surface area contributed by atoms with Gasteiger partial charge in [-0.15, -0.1) is 0 Å². The van der Waals surface area contributed by atoms with Crippen LogP contribution in [0, 0.1) is 6.57 Å². The standard InChI is InChI=1S/C9H7NO/c1-10-6-5-8-3-2-4-9(11)7-8/h2-7,11H. The Morgan fingerprint density at radius 3 is 2.91 bits per heavy atom. The highest BCUT2D eigenvalue weighted by Crippen LogP contribution is 2.11. The molecular weight excluding hydrogens is 138 g/mol. The molecule has 0 saturated carbocycles. The molecule has 0 aromatic heterocycles. The van der Waals surface area contributed by atoms with Crippen molar-refractivity contribution >= 4 is 6.08 Å². The summed E-state index contributed by atoms with van der Waals surface area (Å²) in [5, 5.41) is 9.00. The van der Waals surface area contributed by atoms with Crippen LogP contribution in [0.25, 0.3) is 10.9 Å². The van der Waals surface area contributed by atoms with Gasteiger partial charge in [-0.05, 0) is 17.7 Å². The molecule has 1 aromatic carbocycles. The van der Waals surface area contributed by atoms with Gasteiger partial charge in [-0.25, -0.2) is 4.85 Å². The smallest absolute Gasteiger partial charge is 0.154 e. The van der Waals surface area contributed by atoms with Crippen LogP contribution in [0.15, 0.2) is 30.5 Å². The molecule has 54 valence electrons. The highest BCUT2D eigenvalue weighted by Gasteiger charge is 1.86. The number of rotatable bonds is 1. The number of hydrogen-bond acceptors (Lipinski definition) is 1. The second kappa shape index (κ2) is 3.43. The molecule has 1 aromatic rings. The number of hydrogen-bond donors (Lipinski definition) is 1. The molecule has 0 unspecified atom stereocenters. The molecule has 0 amide bonds. The quantitative estimate of drug-likeness (QED) is 0.602. The van der Waals surface area contributed by atoms with E-state index >= 15 is 0 Å². The topological polar surface area (TPSA) is 24.6 Å². The molecule has 0 atom stereocenters. The van der Waals surface area contributed by atoms with E-state index in [1.54, 1.807) is 24.3 Å². The van der Waals surface area contributed by atoms with E-state index in [-0.39, 0.29) is 5.75 Å². The lowest BCUT2D eigenvalue weighted by Gasteiger charge is -1.92. The summed E-state index contributed by atoms with van der Waals surface area (Å²) in [5.74, 6) is 0.220. The average Bonchev–Trinajstić information content (AvgIpc) is 2.01. The fourth-order valence-electron chi connectivity index (χ4n) is 0.752. The summed E-state index contributed by atoms with van der Waals surface area (Å²) in [4.78, 5) is 3.05. The summed E-state index contributed by atoms with van der Waals surface area (Å²) < 4.78 is 0. The van der Waals surface area contributed by atoms with E-state index in [0.29, 0.717) is 0 Å². The van der Waals surface area contributed by atoms with E-state index in [1.165, 1.54) is 6.20 Å². The minimum absolute atomic E-state index is 0.220. The van der Waals surface area contributed by atoms with Crippen molar-refractivity contribution in [1.29, 1.82) is 0 Å². The number of phenols is 1. The third-order valence-electron chi connectivity index (χ3n) is 1.21. The van der Waals surface area contributed by atoms with Crippen LogP contribution in [0.3, 0.4) is 0 Å². The first-order valence-corrected chi connectivity index (χ1v) is 3.15. The molecule has 0 saturated heterocycles. The van der Waals surface area contributed by atoms with Gasteiger partial charge in [-0.1, -0.05) is 18.2 Å². The largest absolute Gasteiger partial charge is 0.508 e. The molecular formula is C9H7NO. The Balaban J connectivity index is 2.90. The van der Waals surface area contributed by atoms with Crippen LogP contribution in [0.4, 0.5) is 0 Å². The van der Waals surface area contributed by atoms with E-state index in [2.05, 4.69) is 4.85 Å². The molecule has 0 aliphatic heterocycles. The van der Waals surface area contributed by atoms with Gasteiger partial charge in [0.25, 0.3) is 0 Å². The minimum Gasteiger partial charge on any atom is -0.508 e. The van der Waals surface area contributed by atoms with Gasteiger partial charge >= 0.3 is 0 Å². The van der Waals surface area contributed by atoms with Crippen LogP contribution in [0.2, 0.25) is 0 Å². The maximum absolute atomic E-state index is 9.00. The zero-order valence-corrected chi connectivity index (χ0v) is 5.86. The maximum atomic E-state index is 9.00. The molecule has 0 fully saturated rings. The maximum Gasteiger partial charge on any atom is 0.154 e. The molecule has 0 aliphatic carbocycles. The van der Waals surface area contributed by atoms with Crippen LogP contribution in [0.1, 0.15) is 5.56 Å². The first-order chi connectivity index (χ1) is 5.33. The van der Waals surface area contributed by atoms with Crippen molar-refractivity contribution in [3.8, 4) is 5.75 Å². The van der Waals surface area contributed by atoms with Crippen LogP contribution in [-0.4, -0.2) is 5.11 Å². The van der Waals surface area contributed by atoms with Crippen LogP contribution >= 0.6 is 0 Å². The fourth-order valence-corrected chi connectivity index (χ4v) is 0.752. The summed E-state index contributed by atoms with van der Waals surface area (Å²) in [6.07, 6.45) is 3.00. The van der Waals surface area contributed by atoms with Gasteiger partial charge in [0.15, 0.2) is 6.20 Å². The SMILES string of the molecule is [C-]#[N+]C=Cc1cccc(O)c1. The fraction of sp³-hybridized carbons (Fsp3) is 0. The summed E-state index contributed by atoms with van der Waals surface area (Å²) >= 11 is 0. The lowest BCUT2D eigenvalue weighted by molar-refractivity contribution is 0.475. The third kappa shape index (κ3) is 2.15. The molecule has 0 bridgehead atoms. The van der Waals surface area contributed by atoms with Gasteiger partial charge in [0, 0.05) is 0 Å². The Kier molecular flexibility index (Phi) is 2.29. The lowest BCUT2D eigenvalue weighted by Crippen LogP contribution is -1.68. The Morgan fingerprint density at radius 2 is 2.27 bits per heavy atom. The summed E-state index contributed by atoms with van der Waals surface area (Å²) in [5.41, 5.74) is 0.834. The predicted octanol–water partition coefficient (Wildman–Crippen LogP) is 2.28. The summed E-state index contributed by atoms with van der Waals surface area (Å²) in [7, 11) is 0. The van der Waals surface area contributed by atoms with Crippen molar-refractivity contribution in [1.82, 2.24) is 0 Å². The predicted molar refractivity (Wildman–Crippen MR) is 43.7 cm³/mol. The first kappa shape index (κ1) is 7.36. The van der Waals surface area contributed by atoms with Crippen molar-refractivity contribution in [3.05, 3.63) is 47.4 Å². The first-order valence-electron chi connectivity index (χ1n) is 3.15. The van der Waals surface area contributed by atoms with E-state index < -0.39 is 0 Å². The van der Waals surface area contributed by atoms with Crippen molar-refractivity contribution in [2.24, 2.45) is 0 Å². The summed E-state index contributed by atoms with van der Waals surface area (Å²) in [6.45, 7) is 6.48. The average molecular weight is 145 g/mol.